The molecule has 0 aliphatic heterocycles. The van der Waals surface area contributed by atoms with Gasteiger partial charge < -0.3 is 19.6 Å². The highest BCUT2D eigenvalue weighted by molar-refractivity contribution is 5.94. The molecule has 28 heavy (non-hydrogen) atoms. The largest absolute Gasteiger partial charge is 0.461 e. The van der Waals surface area contributed by atoms with Crippen molar-refractivity contribution in [3.63, 3.8) is 0 Å². The predicted octanol–water partition coefficient (Wildman–Crippen LogP) is 2.58. The van der Waals surface area contributed by atoms with Crippen molar-refractivity contribution in [3.8, 4) is 5.75 Å². The normalized spacial score (nSPS) is 10.6. The van der Waals surface area contributed by atoms with E-state index in [0.29, 0.717) is 28.8 Å². The van der Waals surface area contributed by atoms with E-state index in [1.54, 1.807) is 42.5 Å². The molecule has 1 aromatic heterocycles. The Morgan fingerprint density at radius 2 is 1.75 bits per heavy atom. The minimum absolute atomic E-state index is 0.0827. The Morgan fingerprint density at radius 1 is 1.04 bits per heavy atom. The summed E-state index contributed by atoms with van der Waals surface area (Å²) >= 11 is 0. The Kier molecular flexibility index (Phi) is 5.86. The highest BCUT2D eigenvalue weighted by Gasteiger charge is 2.16. The fraction of sp³-hybridized carbons (Fsp3) is 0.190. The monoisotopic (exact) mass is 381 g/mol. The van der Waals surface area contributed by atoms with Gasteiger partial charge in [-0.15, -0.1) is 0 Å². The first-order chi connectivity index (χ1) is 13.5. The van der Waals surface area contributed by atoms with E-state index in [-0.39, 0.29) is 12.2 Å². The molecule has 0 aliphatic rings. The lowest BCUT2D eigenvalue weighted by molar-refractivity contribution is -0.142. The molecule has 0 atom stereocenters. The summed E-state index contributed by atoms with van der Waals surface area (Å²) in [5.41, 5.74) is 6.54. The average Bonchev–Trinajstić information content (AvgIpc) is 2.67. The molecule has 144 valence electrons. The third kappa shape index (κ3) is 4.63. The van der Waals surface area contributed by atoms with Crippen molar-refractivity contribution in [2.24, 2.45) is 5.73 Å². The number of carbonyl (C=O) groups is 2. The molecule has 2 N–H and O–H groups in total. The van der Waals surface area contributed by atoms with E-state index in [2.05, 4.69) is 0 Å². The zero-order valence-corrected chi connectivity index (χ0v) is 15.3. The quantitative estimate of drug-likeness (QED) is 0.397. The first kappa shape index (κ1) is 19.3. The van der Waals surface area contributed by atoms with Crippen LogP contribution in [0.1, 0.15) is 28.4 Å². The number of esters is 2. The van der Waals surface area contributed by atoms with Crippen molar-refractivity contribution in [3.05, 3.63) is 75.6 Å². The second kappa shape index (κ2) is 8.49. The van der Waals surface area contributed by atoms with Crippen LogP contribution in [0.15, 0.2) is 57.7 Å². The SMILES string of the molecule is CC(=O)OCc1ccc2oc(=O)c(C(=O)Oc3ccc(CCN)cc3)cc2c1. The van der Waals surface area contributed by atoms with Gasteiger partial charge in [0.1, 0.15) is 23.5 Å². The van der Waals surface area contributed by atoms with Crippen LogP contribution in [-0.2, 0) is 22.6 Å². The van der Waals surface area contributed by atoms with E-state index < -0.39 is 17.6 Å². The molecule has 0 radical (unpaired) electrons. The molecule has 0 saturated heterocycles. The molecule has 2 aromatic carbocycles. The lowest BCUT2D eigenvalue weighted by Gasteiger charge is -2.07. The molecule has 0 aliphatic carbocycles. The van der Waals surface area contributed by atoms with Gasteiger partial charge in [-0.1, -0.05) is 18.2 Å². The number of hydrogen-bond donors (Lipinski definition) is 1. The molecule has 0 unspecified atom stereocenters. The molecule has 1 heterocycles. The van der Waals surface area contributed by atoms with Gasteiger partial charge in [0.25, 0.3) is 0 Å². The Balaban J connectivity index is 1.84. The minimum atomic E-state index is -0.812. The highest BCUT2D eigenvalue weighted by atomic mass is 16.5. The van der Waals surface area contributed by atoms with E-state index in [0.717, 1.165) is 12.0 Å². The van der Waals surface area contributed by atoms with Gasteiger partial charge in [-0.05, 0) is 54.4 Å². The molecule has 7 nitrogen and oxygen atoms in total. The van der Waals surface area contributed by atoms with Gasteiger partial charge in [0.05, 0.1) is 0 Å². The summed E-state index contributed by atoms with van der Waals surface area (Å²) < 4.78 is 15.4. The second-order valence-corrected chi connectivity index (χ2v) is 6.17. The van der Waals surface area contributed by atoms with E-state index in [1.165, 1.54) is 13.0 Å². The highest BCUT2D eigenvalue weighted by Crippen LogP contribution is 2.18. The lowest BCUT2D eigenvalue weighted by Crippen LogP contribution is -2.18. The van der Waals surface area contributed by atoms with Crippen molar-refractivity contribution >= 4 is 22.9 Å². The van der Waals surface area contributed by atoms with Gasteiger partial charge in [-0.2, -0.15) is 0 Å². The van der Waals surface area contributed by atoms with Crippen LogP contribution in [0.25, 0.3) is 11.0 Å². The third-order valence-corrected chi connectivity index (χ3v) is 4.03. The van der Waals surface area contributed by atoms with Gasteiger partial charge in [0.15, 0.2) is 0 Å². The average molecular weight is 381 g/mol. The van der Waals surface area contributed by atoms with Crippen molar-refractivity contribution in [1.29, 1.82) is 0 Å². The predicted molar refractivity (Wildman–Crippen MR) is 102 cm³/mol. The number of carbonyl (C=O) groups excluding carboxylic acids is 2. The molecule has 0 fully saturated rings. The fourth-order valence-electron chi connectivity index (χ4n) is 2.64. The Labute approximate surface area is 160 Å². The number of fused-ring (bicyclic) bond motifs is 1. The van der Waals surface area contributed by atoms with E-state index in [4.69, 9.17) is 19.6 Å². The topological polar surface area (TPSA) is 109 Å². The summed E-state index contributed by atoms with van der Waals surface area (Å²) in [5.74, 6) is -0.900. The molecule has 0 spiro atoms. The zero-order valence-electron chi connectivity index (χ0n) is 15.3. The summed E-state index contributed by atoms with van der Waals surface area (Å²) in [5, 5.41) is 0.523. The number of ether oxygens (including phenoxy) is 2. The molecule has 0 bridgehead atoms. The maximum atomic E-state index is 12.4. The van der Waals surface area contributed by atoms with Crippen molar-refractivity contribution in [1.82, 2.24) is 0 Å². The maximum Gasteiger partial charge on any atom is 0.351 e. The van der Waals surface area contributed by atoms with Gasteiger partial charge in [0, 0.05) is 12.3 Å². The molecule has 3 rings (SSSR count). The maximum absolute atomic E-state index is 12.4. The van der Waals surface area contributed by atoms with Crippen LogP contribution in [0, 0.1) is 0 Å². The van der Waals surface area contributed by atoms with Gasteiger partial charge in [-0.25, -0.2) is 9.59 Å². The van der Waals surface area contributed by atoms with Crippen LogP contribution in [0.3, 0.4) is 0 Å². The van der Waals surface area contributed by atoms with Crippen molar-refractivity contribution in [2.45, 2.75) is 20.0 Å². The number of rotatable bonds is 6. The Hall–Kier alpha value is -3.45. The molecule has 7 heteroatoms. The Bertz CT molecular complexity index is 1070. The third-order valence-electron chi connectivity index (χ3n) is 4.03. The van der Waals surface area contributed by atoms with Crippen LogP contribution in [-0.4, -0.2) is 18.5 Å². The standard InChI is InChI=1S/C21H19NO6/c1-13(23)26-12-15-4-7-19-16(10-15)11-18(21(25)28-19)20(24)27-17-5-2-14(3-6-17)8-9-22/h2-7,10-11H,8-9,12,22H2,1H3. The lowest BCUT2D eigenvalue weighted by atomic mass is 10.1. The van der Waals surface area contributed by atoms with Crippen LogP contribution in [0.2, 0.25) is 0 Å². The van der Waals surface area contributed by atoms with Gasteiger partial charge in [-0.3, -0.25) is 4.79 Å². The van der Waals surface area contributed by atoms with Crippen LogP contribution >= 0.6 is 0 Å². The number of benzene rings is 2. The second-order valence-electron chi connectivity index (χ2n) is 6.17. The Morgan fingerprint density at radius 3 is 2.43 bits per heavy atom. The molecular weight excluding hydrogens is 362 g/mol. The van der Waals surface area contributed by atoms with E-state index in [9.17, 15) is 14.4 Å². The minimum Gasteiger partial charge on any atom is -0.461 e. The summed E-state index contributed by atoms with van der Waals surface area (Å²) in [6.07, 6.45) is 0.720. The first-order valence-electron chi connectivity index (χ1n) is 8.67. The number of hydrogen-bond acceptors (Lipinski definition) is 7. The number of nitrogens with two attached hydrogens (primary N) is 1. The van der Waals surface area contributed by atoms with Gasteiger partial charge >= 0.3 is 17.6 Å². The fourth-order valence-corrected chi connectivity index (χ4v) is 2.64. The summed E-state index contributed by atoms with van der Waals surface area (Å²) in [7, 11) is 0. The van der Waals surface area contributed by atoms with E-state index in [1.807, 2.05) is 0 Å². The van der Waals surface area contributed by atoms with E-state index >= 15 is 0 Å². The summed E-state index contributed by atoms with van der Waals surface area (Å²) in [6, 6.07) is 13.2. The van der Waals surface area contributed by atoms with Gasteiger partial charge in [0.2, 0.25) is 0 Å². The van der Waals surface area contributed by atoms with Crippen LogP contribution in [0.4, 0.5) is 0 Å². The molecular formula is C21H19NO6. The molecule has 3 aromatic rings. The summed E-state index contributed by atoms with van der Waals surface area (Å²) in [4.78, 5) is 35.5. The summed E-state index contributed by atoms with van der Waals surface area (Å²) in [6.45, 7) is 1.92. The molecule has 0 saturated carbocycles. The van der Waals surface area contributed by atoms with Crippen molar-refractivity contribution < 1.29 is 23.5 Å². The smallest absolute Gasteiger partial charge is 0.351 e. The zero-order chi connectivity index (χ0) is 20.1. The van der Waals surface area contributed by atoms with Crippen molar-refractivity contribution in [2.75, 3.05) is 6.54 Å². The van der Waals surface area contributed by atoms with Crippen LogP contribution < -0.4 is 16.1 Å². The first-order valence-corrected chi connectivity index (χ1v) is 8.67. The van der Waals surface area contributed by atoms with Crippen LogP contribution in [0.5, 0.6) is 5.75 Å². The molecule has 0 amide bonds.